The van der Waals surface area contributed by atoms with Crippen LogP contribution >= 0.6 is 0 Å². The van der Waals surface area contributed by atoms with Crippen molar-refractivity contribution >= 4 is 14.5 Å². The molecule has 0 saturated heterocycles. The summed E-state index contributed by atoms with van der Waals surface area (Å²) in [7, 11) is -1.63. The molecule has 2 aromatic rings. The third-order valence-electron chi connectivity index (χ3n) is 2.76. The Morgan fingerprint density at radius 1 is 1.14 bits per heavy atom. The van der Waals surface area contributed by atoms with Crippen LogP contribution in [-0.4, -0.2) is 31.0 Å². The van der Waals surface area contributed by atoms with Gasteiger partial charge in [0.1, 0.15) is 6.33 Å². The summed E-state index contributed by atoms with van der Waals surface area (Å²) in [6.45, 7) is 7.18. The lowest BCUT2D eigenvalue weighted by molar-refractivity contribution is 0.207. The Kier molecular flexibility index (Phi) is 5.36. The summed E-state index contributed by atoms with van der Waals surface area (Å²) in [6, 6.07) is 10.3. The van der Waals surface area contributed by atoms with Gasteiger partial charge in [0.15, 0.2) is 8.32 Å². The van der Waals surface area contributed by atoms with E-state index in [2.05, 4.69) is 46.7 Å². The zero-order valence-electron chi connectivity index (χ0n) is 12.7. The van der Waals surface area contributed by atoms with Crippen molar-refractivity contribution in [2.45, 2.75) is 25.7 Å². The third-order valence-corrected chi connectivity index (χ3v) is 3.75. The number of hydrogen-bond acceptors (Lipinski definition) is 4. The lowest BCUT2D eigenvalue weighted by atomic mass is 10.1. The Bertz CT molecular complexity index is 567. The monoisotopic (exact) mass is 299 g/mol. The molecule has 0 saturated carbocycles. The topological polar surface area (TPSA) is 47.4 Å². The number of hydrogen-bond donors (Lipinski definition) is 0. The zero-order valence-corrected chi connectivity index (χ0v) is 13.7. The molecule has 0 radical (unpaired) electrons. The van der Waals surface area contributed by atoms with Gasteiger partial charge in [0, 0.05) is 24.2 Å². The first-order chi connectivity index (χ1) is 10.0. The Morgan fingerprint density at radius 2 is 1.81 bits per heavy atom. The fraction of sp³-hybridized carbons (Fsp3) is 0.312. The highest BCUT2D eigenvalue weighted by molar-refractivity contribution is 6.69. The molecule has 1 aromatic heterocycles. The van der Waals surface area contributed by atoms with Gasteiger partial charge < -0.3 is 4.43 Å². The minimum Gasteiger partial charge on any atom is -0.409 e. The number of rotatable bonds is 6. The maximum Gasteiger partial charge on any atom is 0.184 e. The molecule has 0 aliphatic carbocycles. The minimum absolute atomic E-state index is 0.00116. The Balaban J connectivity index is 2.08. The smallest absolute Gasteiger partial charge is 0.184 e. The van der Waals surface area contributed by atoms with Crippen LogP contribution in [0.2, 0.25) is 19.6 Å². The molecule has 0 spiro atoms. The van der Waals surface area contributed by atoms with E-state index in [9.17, 15) is 0 Å². The molecule has 0 fully saturated rings. The van der Waals surface area contributed by atoms with Crippen LogP contribution in [0, 0.1) is 0 Å². The molecule has 110 valence electrons. The predicted octanol–water partition coefficient (Wildman–Crippen LogP) is 3.49. The van der Waals surface area contributed by atoms with Crippen molar-refractivity contribution < 1.29 is 4.43 Å². The molecule has 1 aromatic carbocycles. The molecule has 0 amide bonds. The second kappa shape index (κ2) is 7.24. The molecule has 21 heavy (non-hydrogen) atoms. The summed E-state index contributed by atoms with van der Waals surface area (Å²) < 4.78 is 6.26. The molecule has 0 aliphatic heterocycles. The predicted molar refractivity (Wildman–Crippen MR) is 88.1 cm³/mol. The maximum atomic E-state index is 6.26. The van der Waals surface area contributed by atoms with E-state index >= 15 is 0 Å². The van der Waals surface area contributed by atoms with Crippen molar-refractivity contribution in [1.29, 1.82) is 0 Å². The SMILES string of the molecule is C[Si](C)(C)OC(CN=Cc1cncnc1)c1ccccc1. The van der Waals surface area contributed by atoms with Gasteiger partial charge in [-0.2, -0.15) is 0 Å². The van der Waals surface area contributed by atoms with Gasteiger partial charge >= 0.3 is 0 Å². The van der Waals surface area contributed by atoms with E-state index in [0.717, 1.165) is 5.56 Å². The van der Waals surface area contributed by atoms with Gasteiger partial charge in [0.25, 0.3) is 0 Å². The van der Waals surface area contributed by atoms with Gasteiger partial charge in [0.05, 0.1) is 12.6 Å². The fourth-order valence-corrected chi connectivity index (χ4v) is 3.00. The molecule has 5 heteroatoms. The summed E-state index contributed by atoms with van der Waals surface area (Å²) in [5, 5.41) is 0. The molecule has 0 N–H and O–H groups in total. The molecule has 0 bridgehead atoms. The maximum absolute atomic E-state index is 6.26. The number of benzene rings is 1. The van der Waals surface area contributed by atoms with Crippen molar-refractivity contribution in [3.8, 4) is 0 Å². The average molecular weight is 299 g/mol. The Labute approximate surface area is 127 Å². The van der Waals surface area contributed by atoms with Gasteiger partial charge in [0.2, 0.25) is 0 Å². The van der Waals surface area contributed by atoms with E-state index in [4.69, 9.17) is 4.43 Å². The van der Waals surface area contributed by atoms with Gasteiger partial charge in [-0.05, 0) is 25.2 Å². The van der Waals surface area contributed by atoms with Gasteiger partial charge in [-0.15, -0.1) is 0 Å². The minimum atomic E-state index is -1.63. The molecule has 2 rings (SSSR count). The highest BCUT2D eigenvalue weighted by Crippen LogP contribution is 2.22. The first kappa shape index (κ1) is 15.5. The molecule has 1 unspecified atom stereocenters. The summed E-state index contributed by atoms with van der Waals surface area (Å²) >= 11 is 0. The van der Waals surface area contributed by atoms with Crippen LogP contribution in [0.3, 0.4) is 0 Å². The van der Waals surface area contributed by atoms with E-state index in [1.54, 1.807) is 18.6 Å². The zero-order chi connectivity index (χ0) is 15.1. The van der Waals surface area contributed by atoms with Crippen LogP contribution < -0.4 is 0 Å². The van der Waals surface area contributed by atoms with Crippen LogP contribution in [0.4, 0.5) is 0 Å². The van der Waals surface area contributed by atoms with Crippen LogP contribution in [0.5, 0.6) is 0 Å². The standard InChI is InChI=1S/C16H21N3OSi/c1-21(2,3)20-16(15-7-5-4-6-8-15)12-17-9-14-10-18-13-19-11-14/h4-11,13,16H,12H2,1-3H3. The summed E-state index contributed by atoms with van der Waals surface area (Å²) in [6.07, 6.45) is 6.79. The lowest BCUT2D eigenvalue weighted by Gasteiger charge is -2.25. The molecular weight excluding hydrogens is 278 g/mol. The van der Waals surface area contributed by atoms with Crippen LogP contribution in [0.15, 0.2) is 54.0 Å². The Hall–Kier alpha value is -1.85. The Morgan fingerprint density at radius 3 is 2.43 bits per heavy atom. The third kappa shape index (κ3) is 5.57. The van der Waals surface area contributed by atoms with Crippen molar-refractivity contribution in [3.63, 3.8) is 0 Å². The van der Waals surface area contributed by atoms with Crippen LogP contribution in [0.1, 0.15) is 17.2 Å². The normalized spacial score (nSPS) is 13.5. The number of aromatic nitrogens is 2. The van der Waals surface area contributed by atoms with E-state index < -0.39 is 8.32 Å². The van der Waals surface area contributed by atoms with Crippen LogP contribution in [0.25, 0.3) is 0 Å². The van der Waals surface area contributed by atoms with Crippen molar-refractivity contribution in [3.05, 3.63) is 60.2 Å². The molecule has 4 nitrogen and oxygen atoms in total. The highest BCUT2D eigenvalue weighted by atomic mass is 28.4. The molecule has 1 atom stereocenters. The summed E-state index contributed by atoms with van der Waals surface area (Å²) in [4.78, 5) is 12.4. The van der Waals surface area contributed by atoms with Crippen molar-refractivity contribution in [2.75, 3.05) is 6.54 Å². The fourth-order valence-electron chi connectivity index (χ4n) is 1.94. The van der Waals surface area contributed by atoms with Gasteiger partial charge in [-0.3, -0.25) is 4.99 Å². The van der Waals surface area contributed by atoms with E-state index in [0.29, 0.717) is 6.54 Å². The first-order valence-electron chi connectivity index (χ1n) is 7.02. The highest BCUT2D eigenvalue weighted by Gasteiger charge is 2.21. The number of nitrogens with zero attached hydrogens (tertiary/aromatic N) is 3. The average Bonchev–Trinajstić information content (AvgIpc) is 2.47. The number of aliphatic imine (C=N–C) groups is 1. The van der Waals surface area contributed by atoms with Crippen molar-refractivity contribution in [1.82, 2.24) is 9.97 Å². The summed E-state index contributed by atoms with van der Waals surface area (Å²) in [5.74, 6) is 0. The van der Waals surface area contributed by atoms with E-state index in [1.165, 1.54) is 11.9 Å². The second-order valence-electron chi connectivity index (χ2n) is 5.80. The van der Waals surface area contributed by atoms with Crippen molar-refractivity contribution in [2.24, 2.45) is 4.99 Å². The van der Waals surface area contributed by atoms with E-state index in [1.807, 2.05) is 18.2 Å². The quantitative estimate of drug-likeness (QED) is 0.606. The first-order valence-corrected chi connectivity index (χ1v) is 10.4. The molecule has 1 heterocycles. The lowest BCUT2D eigenvalue weighted by Crippen LogP contribution is -2.29. The van der Waals surface area contributed by atoms with Crippen LogP contribution in [-0.2, 0) is 4.43 Å². The largest absolute Gasteiger partial charge is 0.409 e. The summed E-state index contributed by atoms with van der Waals surface area (Å²) in [5.41, 5.74) is 2.07. The molecule has 0 aliphatic rings. The van der Waals surface area contributed by atoms with E-state index in [-0.39, 0.29) is 6.10 Å². The molecular formula is C16H21N3OSi. The second-order valence-corrected chi connectivity index (χ2v) is 10.3. The van der Waals surface area contributed by atoms with Gasteiger partial charge in [-0.25, -0.2) is 9.97 Å². The van der Waals surface area contributed by atoms with Gasteiger partial charge in [-0.1, -0.05) is 30.3 Å².